The largest absolute Gasteiger partial charge is 0.339 e. The van der Waals surface area contributed by atoms with E-state index in [0.717, 1.165) is 37.2 Å². The standard InChI is InChI=1S/C19H24N4O/c1-14-7-8-15(2)16(11-14)22-18-13-20-17(12-21-18)19(24)23-9-5-3-4-6-10-23/h7-8,11-13H,3-6,9-10H2,1-2H3,(H,21,22). The summed E-state index contributed by atoms with van der Waals surface area (Å²) in [4.78, 5) is 23.1. The molecule has 0 bridgehead atoms. The van der Waals surface area contributed by atoms with E-state index >= 15 is 0 Å². The second kappa shape index (κ2) is 7.43. The van der Waals surface area contributed by atoms with Crippen molar-refractivity contribution in [2.45, 2.75) is 39.5 Å². The van der Waals surface area contributed by atoms with Gasteiger partial charge in [-0.15, -0.1) is 0 Å². The van der Waals surface area contributed by atoms with E-state index in [2.05, 4.69) is 40.4 Å². The van der Waals surface area contributed by atoms with Crippen molar-refractivity contribution in [3.8, 4) is 0 Å². The van der Waals surface area contributed by atoms with Crippen LogP contribution in [0.1, 0.15) is 47.3 Å². The molecule has 2 heterocycles. The Bertz CT molecular complexity index is 704. The van der Waals surface area contributed by atoms with Crippen molar-refractivity contribution in [2.75, 3.05) is 18.4 Å². The van der Waals surface area contributed by atoms with E-state index in [0.29, 0.717) is 11.5 Å². The van der Waals surface area contributed by atoms with Crippen LogP contribution >= 0.6 is 0 Å². The lowest BCUT2D eigenvalue weighted by atomic mass is 10.1. The van der Waals surface area contributed by atoms with E-state index in [-0.39, 0.29) is 5.91 Å². The highest BCUT2D eigenvalue weighted by atomic mass is 16.2. The minimum absolute atomic E-state index is 0.0114. The molecule has 0 atom stereocenters. The van der Waals surface area contributed by atoms with Gasteiger partial charge in [0.2, 0.25) is 0 Å². The molecule has 1 aliphatic heterocycles. The molecule has 2 aromatic rings. The van der Waals surface area contributed by atoms with Gasteiger partial charge in [0, 0.05) is 18.8 Å². The molecule has 1 saturated heterocycles. The number of hydrogen-bond donors (Lipinski definition) is 1. The molecule has 126 valence electrons. The minimum Gasteiger partial charge on any atom is -0.339 e. The van der Waals surface area contributed by atoms with Crippen LogP contribution in [-0.4, -0.2) is 33.9 Å². The van der Waals surface area contributed by atoms with Crippen LogP contribution in [0, 0.1) is 13.8 Å². The van der Waals surface area contributed by atoms with Gasteiger partial charge in [-0.3, -0.25) is 4.79 Å². The summed E-state index contributed by atoms with van der Waals surface area (Å²) in [7, 11) is 0. The summed E-state index contributed by atoms with van der Waals surface area (Å²) in [5.74, 6) is 0.638. The summed E-state index contributed by atoms with van der Waals surface area (Å²) >= 11 is 0. The molecular formula is C19H24N4O. The number of carbonyl (C=O) groups excluding carboxylic acids is 1. The topological polar surface area (TPSA) is 58.1 Å². The van der Waals surface area contributed by atoms with Crippen molar-refractivity contribution in [3.63, 3.8) is 0 Å². The molecule has 0 spiro atoms. The van der Waals surface area contributed by atoms with Crippen LogP contribution in [0.15, 0.2) is 30.6 Å². The SMILES string of the molecule is Cc1ccc(C)c(Nc2cnc(C(=O)N3CCCCCC3)cn2)c1. The van der Waals surface area contributed by atoms with Crippen molar-refractivity contribution in [1.82, 2.24) is 14.9 Å². The Morgan fingerprint density at radius 2 is 1.79 bits per heavy atom. The Hall–Kier alpha value is -2.43. The molecule has 0 unspecified atom stereocenters. The highest BCUT2D eigenvalue weighted by molar-refractivity contribution is 5.92. The molecule has 1 aliphatic rings. The normalized spacial score (nSPS) is 15.0. The van der Waals surface area contributed by atoms with E-state index in [1.54, 1.807) is 12.4 Å². The zero-order valence-corrected chi connectivity index (χ0v) is 14.4. The predicted octanol–water partition coefficient (Wildman–Crippen LogP) is 3.85. The number of likely N-dealkylation sites (tertiary alicyclic amines) is 1. The summed E-state index contributed by atoms with van der Waals surface area (Å²) in [6, 6.07) is 6.23. The number of anilines is 2. The lowest BCUT2D eigenvalue weighted by Crippen LogP contribution is -2.32. The smallest absolute Gasteiger partial charge is 0.274 e. The number of nitrogens with zero attached hydrogens (tertiary/aromatic N) is 3. The summed E-state index contributed by atoms with van der Waals surface area (Å²) in [6.45, 7) is 5.75. The van der Waals surface area contributed by atoms with Crippen LogP contribution in [0.2, 0.25) is 0 Å². The van der Waals surface area contributed by atoms with Crippen molar-refractivity contribution in [1.29, 1.82) is 0 Å². The lowest BCUT2D eigenvalue weighted by Gasteiger charge is -2.19. The first-order valence-corrected chi connectivity index (χ1v) is 8.59. The average molecular weight is 324 g/mol. The number of aryl methyl sites for hydroxylation is 2. The highest BCUT2D eigenvalue weighted by Crippen LogP contribution is 2.20. The number of nitrogens with one attached hydrogen (secondary N) is 1. The first-order chi connectivity index (χ1) is 11.6. The van der Waals surface area contributed by atoms with Crippen LogP contribution in [0.3, 0.4) is 0 Å². The van der Waals surface area contributed by atoms with Gasteiger partial charge in [0.25, 0.3) is 5.91 Å². The number of amides is 1. The molecule has 1 aromatic carbocycles. The van der Waals surface area contributed by atoms with Gasteiger partial charge in [-0.1, -0.05) is 25.0 Å². The first-order valence-electron chi connectivity index (χ1n) is 8.59. The average Bonchev–Trinajstić information content (AvgIpc) is 2.87. The first kappa shape index (κ1) is 16.4. The van der Waals surface area contributed by atoms with E-state index in [4.69, 9.17) is 0 Å². The number of hydrogen-bond acceptors (Lipinski definition) is 4. The monoisotopic (exact) mass is 324 g/mol. The lowest BCUT2D eigenvalue weighted by molar-refractivity contribution is 0.0755. The van der Waals surface area contributed by atoms with Gasteiger partial charge >= 0.3 is 0 Å². The van der Waals surface area contributed by atoms with Gasteiger partial charge in [-0.25, -0.2) is 9.97 Å². The van der Waals surface area contributed by atoms with Crippen LogP contribution < -0.4 is 5.32 Å². The molecule has 1 amide bonds. The molecule has 1 fully saturated rings. The molecule has 0 saturated carbocycles. The van der Waals surface area contributed by atoms with Crippen molar-refractivity contribution < 1.29 is 4.79 Å². The Morgan fingerprint density at radius 1 is 1.04 bits per heavy atom. The number of aromatic nitrogens is 2. The van der Waals surface area contributed by atoms with Crippen LogP contribution in [0.4, 0.5) is 11.5 Å². The maximum Gasteiger partial charge on any atom is 0.274 e. The van der Waals surface area contributed by atoms with Crippen molar-refractivity contribution >= 4 is 17.4 Å². The molecular weight excluding hydrogens is 300 g/mol. The third-order valence-electron chi connectivity index (χ3n) is 4.42. The number of carbonyl (C=O) groups is 1. The summed E-state index contributed by atoms with van der Waals surface area (Å²) in [6.07, 6.45) is 7.76. The molecule has 5 nitrogen and oxygen atoms in total. The van der Waals surface area contributed by atoms with E-state index in [1.807, 2.05) is 11.8 Å². The number of benzene rings is 1. The molecule has 0 aliphatic carbocycles. The van der Waals surface area contributed by atoms with E-state index < -0.39 is 0 Å². The fourth-order valence-corrected chi connectivity index (χ4v) is 2.95. The quantitative estimate of drug-likeness (QED) is 0.931. The predicted molar refractivity (Wildman–Crippen MR) is 95.6 cm³/mol. The third-order valence-corrected chi connectivity index (χ3v) is 4.42. The van der Waals surface area contributed by atoms with E-state index in [1.165, 1.54) is 18.4 Å². The fraction of sp³-hybridized carbons (Fsp3) is 0.421. The van der Waals surface area contributed by atoms with Crippen LogP contribution in [0.5, 0.6) is 0 Å². The van der Waals surface area contributed by atoms with Gasteiger partial charge in [-0.05, 0) is 43.9 Å². The molecule has 24 heavy (non-hydrogen) atoms. The summed E-state index contributed by atoms with van der Waals surface area (Å²) in [5, 5.41) is 3.27. The van der Waals surface area contributed by atoms with Gasteiger partial charge in [-0.2, -0.15) is 0 Å². The zero-order valence-electron chi connectivity index (χ0n) is 14.4. The van der Waals surface area contributed by atoms with Gasteiger partial charge in [0.1, 0.15) is 11.5 Å². The van der Waals surface area contributed by atoms with Crippen LogP contribution in [0.25, 0.3) is 0 Å². The van der Waals surface area contributed by atoms with Gasteiger partial charge in [0.15, 0.2) is 0 Å². The maximum atomic E-state index is 12.5. The minimum atomic E-state index is -0.0114. The van der Waals surface area contributed by atoms with Gasteiger partial charge in [0.05, 0.1) is 12.4 Å². The summed E-state index contributed by atoms with van der Waals surface area (Å²) < 4.78 is 0. The Labute approximate surface area is 143 Å². The maximum absolute atomic E-state index is 12.5. The van der Waals surface area contributed by atoms with Crippen molar-refractivity contribution in [3.05, 3.63) is 47.4 Å². The zero-order chi connectivity index (χ0) is 16.9. The molecule has 5 heteroatoms. The molecule has 1 aromatic heterocycles. The highest BCUT2D eigenvalue weighted by Gasteiger charge is 2.18. The summed E-state index contributed by atoms with van der Waals surface area (Å²) in [5.41, 5.74) is 3.76. The third kappa shape index (κ3) is 3.91. The van der Waals surface area contributed by atoms with Gasteiger partial charge < -0.3 is 10.2 Å². The fourth-order valence-electron chi connectivity index (χ4n) is 2.95. The second-order valence-corrected chi connectivity index (χ2v) is 6.44. The Balaban J connectivity index is 1.70. The Morgan fingerprint density at radius 3 is 2.46 bits per heavy atom. The number of rotatable bonds is 3. The van der Waals surface area contributed by atoms with Crippen molar-refractivity contribution in [2.24, 2.45) is 0 Å². The molecule has 3 rings (SSSR count). The van der Waals surface area contributed by atoms with Crippen LogP contribution in [-0.2, 0) is 0 Å². The molecule has 0 radical (unpaired) electrons. The van der Waals surface area contributed by atoms with E-state index in [9.17, 15) is 4.79 Å². The molecule has 1 N–H and O–H groups in total. The second-order valence-electron chi connectivity index (χ2n) is 6.44. The Kier molecular flexibility index (Phi) is 5.08.